The van der Waals surface area contributed by atoms with Gasteiger partial charge in [-0.15, -0.1) is 0 Å². The maximum atomic E-state index is 12.7. The number of nitrogens with zero attached hydrogens (tertiary/aromatic N) is 1. The quantitative estimate of drug-likeness (QED) is 0.252. The van der Waals surface area contributed by atoms with Gasteiger partial charge in [0.2, 0.25) is 5.75 Å². The molecule has 0 aliphatic carbocycles. The number of thiocarbonyl (C=S) groups is 1. The second-order valence-corrected chi connectivity index (χ2v) is 7.64. The summed E-state index contributed by atoms with van der Waals surface area (Å²) in [5.74, 6) is 1.32. The largest absolute Gasteiger partial charge is 0.505 e. The fraction of sp³-hybridized carbons (Fsp3) is 0.421. The number of benzene rings is 1. The Hall–Kier alpha value is -2.46. The normalized spacial score (nSPS) is 15.0. The van der Waals surface area contributed by atoms with Crippen LogP contribution >= 0.6 is 24.0 Å². The van der Waals surface area contributed by atoms with Crippen LogP contribution in [-0.2, 0) is 9.53 Å². The summed E-state index contributed by atoms with van der Waals surface area (Å²) in [4.78, 5) is 25.1. The van der Waals surface area contributed by atoms with Gasteiger partial charge in [-0.05, 0) is 43.0 Å². The monoisotopic (exact) mass is 441 g/mol. The summed E-state index contributed by atoms with van der Waals surface area (Å²) in [5.41, 5.74) is 0.728. The van der Waals surface area contributed by atoms with Gasteiger partial charge in [-0.25, -0.2) is 4.79 Å². The lowest BCUT2D eigenvalue weighted by atomic mass is 10.1. The van der Waals surface area contributed by atoms with Crippen molar-refractivity contribution in [1.82, 2.24) is 4.90 Å². The molecule has 0 unspecified atom stereocenters. The standard InChI is InChI=1S/C19H23NO7S2/c1-24-13-9-12(10-14(25-2)16(13)26-3)11-15-17(21)20(18(28)29-15)7-5-4-6-8-27-19(22)23/h9-11H,4-8H2,1-3H3,(H,22,23)/b15-11-. The number of carboxylic acid groups (broad SMARTS) is 1. The number of ether oxygens (including phenoxy) is 4. The van der Waals surface area contributed by atoms with Crippen LogP contribution in [0, 0.1) is 0 Å². The van der Waals surface area contributed by atoms with E-state index in [4.69, 9.17) is 31.5 Å². The molecule has 0 bridgehead atoms. The molecular formula is C19H23NO7S2. The van der Waals surface area contributed by atoms with Crippen LogP contribution in [0.25, 0.3) is 6.08 Å². The van der Waals surface area contributed by atoms with E-state index < -0.39 is 6.16 Å². The van der Waals surface area contributed by atoms with Gasteiger partial charge in [-0.1, -0.05) is 24.0 Å². The topological polar surface area (TPSA) is 94.5 Å². The zero-order valence-electron chi connectivity index (χ0n) is 16.4. The van der Waals surface area contributed by atoms with Gasteiger partial charge in [0.05, 0.1) is 32.8 Å². The third kappa shape index (κ3) is 6.01. The van der Waals surface area contributed by atoms with Gasteiger partial charge in [0.25, 0.3) is 5.91 Å². The van der Waals surface area contributed by atoms with Gasteiger partial charge in [0.1, 0.15) is 4.32 Å². The Morgan fingerprint density at radius 2 is 1.79 bits per heavy atom. The van der Waals surface area contributed by atoms with E-state index >= 15 is 0 Å². The Kier molecular flexibility index (Phi) is 8.59. The summed E-state index contributed by atoms with van der Waals surface area (Å²) in [7, 11) is 4.59. The number of carbonyl (C=O) groups is 2. The van der Waals surface area contributed by atoms with Crippen LogP contribution in [0.15, 0.2) is 17.0 Å². The molecule has 158 valence electrons. The van der Waals surface area contributed by atoms with Crippen molar-refractivity contribution in [2.45, 2.75) is 19.3 Å². The molecule has 0 saturated carbocycles. The van der Waals surface area contributed by atoms with Crippen molar-refractivity contribution in [1.29, 1.82) is 0 Å². The molecule has 1 amide bonds. The number of unbranched alkanes of at least 4 members (excludes halogenated alkanes) is 2. The Bertz CT molecular complexity index is 785. The molecule has 8 nitrogen and oxygen atoms in total. The molecule has 1 aliphatic heterocycles. The van der Waals surface area contributed by atoms with Crippen molar-refractivity contribution >= 4 is 46.4 Å². The molecule has 0 aromatic heterocycles. The number of hydrogen-bond acceptors (Lipinski definition) is 8. The Labute approximate surface area is 178 Å². The first-order valence-corrected chi connectivity index (χ1v) is 10.0. The first-order chi connectivity index (χ1) is 13.9. The number of methoxy groups -OCH3 is 3. The molecule has 0 spiro atoms. The van der Waals surface area contributed by atoms with Crippen LogP contribution in [0.4, 0.5) is 4.79 Å². The number of carbonyl (C=O) groups excluding carboxylic acids is 1. The zero-order chi connectivity index (χ0) is 21.4. The predicted molar refractivity (Wildman–Crippen MR) is 114 cm³/mol. The van der Waals surface area contributed by atoms with Crippen molar-refractivity contribution in [2.24, 2.45) is 0 Å². The summed E-state index contributed by atoms with van der Waals surface area (Å²) in [6, 6.07) is 3.52. The van der Waals surface area contributed by atoms with Crippen LogP contribution < -0.4 is 14.2 Å². The van der Waals surface area contributed by atoms with Crippen LogP contribution in [0.2, 0.25) is 0 Å². The van der Waals surface area contributed by atoms with E-state index in [1.807, 2.05) is 0 Å². The predicted octanol–water partition coefficient (Wildman–Crippen LogP) is 3.78. The molecule has 10 heteroatoms. The summed E-state index contributed by atoms with van der Waals surface area (Å²) < 4.78 is 21.0. The molecule has 29 heavy (non-hydrogen) atoms. The smallest absolute Gasteiger partial charge is 0.493 e. The van der Waals surface area contributed by atoms with E-state index in [0.29, 0.717) is 45.9 Å². The zero-order valence-corrected chi connectivity index (χ0v) is 18.1. The minimum Gasteiger partial charge on any atom is -0.493 e. The average molecular weight is 442 g/mol. The summed E-state index contributed by atoms with van der Waals surface area (Å²) in [5, 5.41) is 8.43. The van der Waals surface area contributed by atoms with E-state index in [-0.39, 0.29) is 12.5 Å². The average Bonchev–Trinajstić information content (AvgIpc) is 2.96. The molecular weight excluding hydrogens is 418 g/mol. The second-order valence-electron chi connectivity index (χ2n) is 5.97. The van der Waals surface area contributed by atoms with Crippen LogP contribution in [0.3, 0.4) is 0 Å². The molecule has 1 N–H and O–H groups in total. The molecule has 0 radical (unpaired) electrons. The lowest BCUT2D eigenvalue weighted by Crippen LogP contribution is -2.29. The molecule has 1 aromatic rings. The Morgan fingerprint density at radius 1 is 1.14 bits per heavy atom. The summed E-state index contributed by atoms with van der Waals surface area (Å²) >= 11 is 6.58. The number of amides is 1. The van der Waals surface area contributed by atoms with Gasteiger partial charge in [0, 0.05) is 6.54 Å². The van der Waals surface area contributed by atoms with Crippen LogP contribution in [0.1, 0.15) is 24.8 Å². The number of thioether (sulfide) groups is 1. The first-order valence-electron chi connectivity index (χ1n) is 8.82. The van der Waals surface area contributed by atoms with E-state index in [1.165, 1.54) is 33.1 Å². The van der Waals surface area contributed by atoms with Crippen LogP contribution in [0.5, 0.6) is 17.2 Å². The maximum absolute atomic E-state index is 12.7. The molecule has 0 atom stereocenters. The molecule has 1 saturated heterocycles. The fourth-order valence-electron chi connectivity index (χ4n) is 2.74. The number of rotatable bonds is 10. The summed E-state index contributed by atoms with van der Waals surface area (Å²) in [6.45, 7) is 0.624. The van der Waals surface area contributed by atoms with Crippen LogP contribution in [-0.4, -0.2) is 60.9 Å². The highest BCUT2D eigenvalue weighted by Gasteiger charge is 2.31. The first kappa shape index (κ1) is 22.8. The molecule has 2 rings (SSSR count). The highest BCUT2D eigenvalue weighted by molar-refractivity contribution is 8.26. The van der Waals surface area contributed by atoms with Crippen molar-refractivity contribution in [3.63, 3.8) is 0 Å². The molecule has 1 fully saturated rings. The number of hydrogen-bond donors (Lipinski definition) is 1. The molecule has 1 aromatic carbocycles. The van der Waals surface area contributed by atoms with Gasteiger partial charge in [-0.3, -0.25) is 9.69 Å². The van der Waals surface area contributed by atoms with Gasteiger partial charge in [-0.2, -0.15) is 0 Å². The second kappa shape index (κ2) is 10.9. The Morgan fingerprint density at radius 3 is 2.34 bits per heavy atom. The minimum absolute atomic E-state index is 0.148. The minimum atomic E-state index is -1.28. The van der Waals surface area contributed by atoms with Crippen molar-refractivity contribution in [2.75, 3.05) is 34.5 Å². The van der Waals surface area contributed by atoms with Gasteiger partial charge < -0.3 is 24.1 Å². The van der Waals surface area contributed by atoms with E-state index in [2.05, 4.69) is 4.74 Å². The highest BCUT2D eigenvalue weighted by Crippen LogP contribution is 2.40. The lowest BCUT2D eigenvalue weighted by molar-refractivity contribution is -0.122. The highest BCUT2D eigenvalue weighted by atomic mass is 32.2. The summed E-state index contributed by atoms with van der Waals surface area (Å²) in [6.07, 6.45) is 2.49. The SMILES string of the molecule is COc1cc(/C=C2\SC(=S)N(CCCCCOC(=O)O)C2=O)cc(OC)c1OC. The van der Waals surface area contributed by atoms with E-state index in [9.17, 15) is 9.59 Å². The fourth-order valence-corrected chi connectivity index (χ4v) is 4.05. The maximum Gasteiger partial charge on any atom is 0.505 e. The third-order valence-electron chi connectivity index (χ3n) is 4.11. The Balaban J connectivity index is 2.05. The van der Waals surface area contributed by atoms with Gasteiger partial charge >= 0.3 is 6.16 Å². The van der Waals surface area contributed by atoms with Crippen molar-refractivity contribution in [3.05, 3.63) is 22.6 Å². The molecule has 1 heterocycles. The van der Waals surface area contributed by atoms with E-state index in [0.717, 1.165) is 12.0 Å². The lowest BCUT2D eigenvalue weighted by Gasteiger charge is -2.14. The van der Waals surface area contributed by atoms with E-state index in [1.54, 1.807) is 23.1 Å². The molecule has 1 aliphatic rings. The van der Waals surface area contributed by atoms with Crippen molar-refractivity contribution < 1.29 is 33.6 Å². The van der Waals surface area contributed by atoms with Gasteiger partial charge in [0.15, 0.2) is 11.5 Å². The third-order valence-corrected chi connectivity index (χ3v) is 5.49. The van der Waals surface area contributed by atoms with Crippen molar-refractivity contribution in [3.8, 4) is 17.2 Å².